The van der Waals surface area contributed by atoms with Gasteiger partial charge in [-0.25, -0.2) is 9.78 Å². The van der Waals surface area contributed by atoms with E-state index in [1.54, 1.807) is 4.90 Å². The third-order valence-corrected chi connectivity index (χ3v) is 3.77. The van der Waals surface area contributed by atoms with Gasteiger partial charge < -0.3 is 14.4 Å². The third-order valence-electron chi connectivity index (χ3n) is 3.22. The van der Waals surface area contributed by atoms with Crippen LogP contribution in [0.25, 0.3) is 0 Å². The van der Waals surface area contributed by atoms with Crippen LogP contribution < -0.4 is 4.74 Å². The Morgan fingerprint density at radius 3 is 2.91 bits per heavy atom. The number of pyridine rings is 1. The predicted octanol–water partition coefficient (Wildman–Crippen LogP) is 3.76. The molecule has 0 spiro atoms. The molecule has 0 saturated carbocycles. The summed E-state index contributed by atoms with van der Waals surface area (Å²) in [6.07, 6.45) is 2.78. The fourth-order valence-corrected chi connectivity index (χ4v) is 2.57. The third kappa shape index (κ3) is 4.56. The molecule has 22 heavy (non-hydrogen) atoms. The highest BCUT2D eigenvalue weighted by atomic mass is 79.9. The van der Waals surface area contributed by atoms with Gasteiger partial charge in [-0.15, -0.1) is 0 Å². The van der Waals surface area contributed by atoms with E-state index < -0.39 is 11.5 Å². The van der Waals surface area contributed by atoms with Gasteiger partial charge in [0.05, 0.1) is 16.7 Å². The molecule has 7 heteroatoms. The van der Waals surface area contributed by atoms with E-state index >= 15 is 0 Å². The van der Waals surface area contributed by atoms with Crippen LogP contribution in [-0.4, -0.2) is 40.8 Å². The molecule has 122 valence electrons. The van der Waals surface area contributed by atoms with Gasteiger partial charge >= 0.3 is 6.09 Å². The van der Waals surface area contributed by atoms with Crippen molar-refractivity contribution in [1.29, 1.82) is 0 Å². The second-order valence-electron chi connectivity index (χ2n) is 6.22. The van der Waals surface area contributed by atoms with E-state index in [4.69, 9.17) is 9.47 Å². The van der Waals surface area contributed by atoms with Crippen LogP contribution in [-0.2, 0) is 4.74 Å². The van der Waals surface area contributed by atoms with Gasteiger partial charge in [0.15, 0.2) is 0 Å². The van der Waals surface area contributed by atoms with Gasteiger partial charge in [-0.2, -0.15) is 4.39 Å². The molecule has 0 unspecified atom stereocenters. The van der Waals surface area contributed by atoms with E-state index in [1.165, 1.54) is 12.3 Å². The Kier molecular flexibility index (Phi) is 5.26. The summed E-state index contributed by atoms with van der Waals surface area (Å²) in [6.45, 7) is 6.52. The second kappa shape index (κ2) is 6.81. The standard InChI is InChI=1S/C15H20BrFN2O3/c1-15(2,3)22-14(20)19-6-4-5-10(19)9-21-11-7-12(16)13(17)18-8-11/h7-8,10H,4-6,9H2,1-3H3/t10-/m1/s1. The molecule has 5 nitrogen and oxygen atoms in total. The number of carbonyl (C=O) groups excluding carboxylic acids is 1. The summed E-state index contributed by atoms with van der Waals surface area (Å²) >= 11 is 3.07. The zero-order chi connectivity index (χ0) is 16.3. The van der Waals surface area contributed by atoms with Crippen LogP contribution in [0.3, 0.4) is 0 Å². The van der Waals surface area contributed by atoms with Crippen molar-refractivity contribution in [2.45, 2.75) is 45.3 Å². The highest BCUT2D eigenvalue weighted by Gasteiger charge is 2.32. The van der Waals surface area contributed by atoms with Gasteiger partial charge in [0.1, 0.15) is 18.0 Å². The molecule has 0 aromatic carbocycles. The average Bonchev–Trinajstić information content (AvgIpc) is 2.87. The summed E-state index contributed by atoms with van der Waals surface area (Å²) in [6, 6.07) is 1.48. The lowest BCUT2D eigenvalue weighted by atomic mass is 10.2. The number of likely N-dealkylation sites (tertiary alicyclic amines) is 1. The first-order chi connectivity index (χ1) is 10.3. The van der Waals surface area contributed by atoms with Crippen LogP contribution >= 0.6 is 15.9 Å². The Balaban J connectivity index is 1.93. The lowest BCUT2D eigenvalue weighted by molar-refractivity contribution is 0.0187. The molecule has 1 atom stereocenters. The van der Waals surface area contributed by atoms with Crippen LogP contribution in [0.1, 0.15) is 33.6 Å². The summed E-state index contributed by atoms with van der Waals surface area (Å²) in [7, 11) is 0. The Morgan fingerprint density at radius 1 is 1.55 bits per heavy atom. The first-order valence-corrected chi connectivity index (χ1v) is 7.99. The zero-order valence-corrected chi connectivity index (χ0v) is 14.5. The SMILES string of the molecule is CC(C)(C)OC(=O)N1CCC[C@@H]1COc1cnc(F)c(Br)c1. The number of rotatable bonds is 3. The van der Waals surface area contributed by atoms with Crippen LogP contribution in [0.4, 0.5) is 9.18 Å². The van der Waals surface area contributed by atoms with Crippen LogP contribution in [0.2, 0.25) is 0 Å². The van der Waals surface area contributed by atoms with Gasteiger partial charge in [-0.05, 0) is 49.5 Å². The molecular weight excluding hydrogens is 355 g/mol. The fraction of sp³-hybridized carbons (Fsp3) is 0.600. The lowest BCUT2D eigenvalue weighted by Crippen LogP contribution is -2.42. The molecular formula is C15H20BrFN2O3. The summed E-state index contributed by atoms with van der Waals surface area (Å²) in [4.78, 5) is 17.4. The minimum absolute atomic E-state index is 0.0429. The molecule has 0 bridgehead atoms. The zero-order valence-electron chi connectivity index (χ0n) is 12.9. The molecule has 1 saturated heterocycles. The first-order valence-electron chi connectivity index (χ1n) is 7.20. The molecule has 0 N–H and O–H groups in total. The monoisotopic (exact) mass is 374 g/mol. The second-order valence-corrected chi connectivity index (χ2v) is 7.08. The number of aromatic nitrogens is 1. The minimum Gasteiger partial charge on any atom is -0.490 e. The molecule has 0 radical (unpaired) electrons. The van der Waals surface area contributed by atoms with Crippen molar-refractivity contribution in [2.75, 3.05) is 13.2 Å². The van der Waals surface area contributed by atoms with Crippen molar-refractivity contribution in [3.63, 3.8) is 0 Å². The Hall–Kier alpha value is -1.37. The van der Waals surface area contributed by atoms with Crippen molar-refractivity contribution in [3.8, 4) is 5.75 Å². The summed E-state index contributed by atoms with van der Waals surface area (Å²) < 4.78 is 24.4. The molecule has 1 aliphatic rings. The summed E-state index contributed by atoms with van der Waals surface area (Å²) in [5.74, 6) is -0.118. The Bertz CT molecular complexity index is 548. The minimum atomic E-state index is -0.580. The highest BCUT2D eigenvalue weighted by molar-refractivity contribution is 9.10. The Labute approximate surface area is 137 Å². The molecule has 1 aromatic heterocycles. The molecule has 2 rings (SSSR count). The quantitative estimate of drug-likeness (QED) is 0.755. The number of halogens is 2. The van der Waals surface area contributed by atoms with Crippen LogP contribution in [0, 0.1) is 5.95 Å². The highest BCUT2D eigenvalue weighted by Crippen LogP contribution is 2.23. The molecule has 1 fully saturated rings. The van der Waals surface area contributed by atoms with Crippen molar-refractivity contribution >= 4 is 22.0 Å². The van der Waals surface area contributed by atoms with E-state index in [0.717, 1.165) is 12.8 Å². The van der Waals surface area contributed by atoms with Gasteiger partial charge in [-0.1, -0.05) is 0 Å². The van der Waals surface area contributed by atoms with Gasteiger partial charge in [0.2, 0.25) is 5.95 Å². The van der Waals surface area contributed by atoms with E-state index in [0.29, 0.717) is 18.9 Å². The van der Waals surface area contributed by atoms with Crippen LogP contribution in [0.5, 0.6) is 5.75 Å². The molecule has 1 aliphatic heterocycles. The maximum absolute atomic E-state index is 13.1. The Morgan fingerprint density at radius 2 is 2.27 bits per heavy atom. The van der Waals surface area contributed by atoms with E-state index in [1.807, 2.05) is 20.8 Å². The summed E-state index contributed by atoms with van der Waals surface area (Å²) in [5, 5.41) is 0. The van der Waals surface area contributed by atoms with Crippen molar-refractivity contribution < 1.29 is 18.7 Å². The molecule has 1 amide bonds. The van der Waals surface area contributed by atoms with E-state index in [2.05, 4.69) is 20.9 Å². The molecule has 0 aliphatic carbocycles. The van der Waals surface area contributed by atoms with Crippen molar-refractivity contribution in [2.24, 2.45) is 0 Å². The van der Waals surface area contributed by atoms with E-state index in [-0.39, 0.29) is 16.6 Å². The molecule has 2 heterocycles. The first kappa shape index (κ1) is 17.0. The predicted molar refractivity (Wildman–Crippen MR) is 83.4 cm³/mol. The summed E-state index contributed by atoms with van der Waals surface area (Å²) in [5.41, 5.74) is -0.517. The van der Waals surface area contributed by atoms with Crippen LogP contribution in [0.15, 0.2) is 16.7 Å². The molecule has 1 aromatic rings. The lowest BCUT2D eigenvalue weighted by Gasteiger charge is -2.28. The smallest absolute Gasteiger partial charge is 0.410 e. The normalized spacial score (nSPS) is 18.4. The maximum Gasteiger partial charge on any atom is 0.410 e. The number of ether oxygens (including phenoxy) is 2. The van der Waals surface area contributed by atoms with Gasteiger partial charge in [0.25, 0.3) is 0 Å². The maximum atomic E-state index is 13.1. The van der Waals surface area contributed by atoms with Gasteiger partial charge in [0, 0.05) is 12.6 Å². The van der Waals surface area contributed by atoms with Crippen molar-refractivity contribution in [1.82, 2.24) is 9.88 Å². The number of amides is 1. The topological polar surface area (TPSA) is 51.7 Å². The largest absolute Gasteiger partial charge is 0.490 e. The average molecular weight is 375 g/mol. The number of hydrogen-bond acceptors (Lipinski definition) is 4. The number of hydrogen-bond donors (Lipinski definition) is 0. The van der Waals surface area contributed by atoms with Gasteiger partial charge in [-0.3, -0.25) is 0 Å². The number of nitrogens with zero attached hydrogens (tertiary/aromatic N) is 2. The van der Waals surface area contributed by atoms with E-state index in [9.17, 15) is 9.18 Å². The number of carbonyl (C=O) groups is 1. The fourth-order valence-electron chi connectivity index (χ4n) is 2.24. The van der Waals surface area contributed by atoms with Crippen molar-refractivity contribution in [3.05, 3.63) is 22.7 Å².